The molecule has 1 N–H and O–H groups in total. The number of hydrogen-bond acceptors (Lipinski definition) is 3. The lowest BCUT2D eigenvalue weighted by molar-refractivity contribution is 0.0695. The van der Waals surface area contributed by atoms with Crippen molar-refractivity contribution in [1.29, 1.82) is 0 Å². The van der Waals surface area contributed by atoms with Crippen LogP contribution in [0.4, 0.5) is 0 Å². The van der Waals surface area contributed by atoms with Crippen molar-refractivity contribution in [2.75, 3.05) is 0 Å². The second kappa shape index (κ2) is 4.77. The van der Waals surface area contributed by atoms with Crippen LogP contribution in [0.1, 0.15) is 16.1 Å². The summed E-state index contributed by atoms with van der Waals surface area (Å²) in [5, 5.41) is 12.9. The van der Waals surface area contributed by atoms with E-state index in [-0.39, 0.29) is 17.7 Å². The van der Waals surface area contributed by atoms with Crippen LogP contribution in [-0.4, -0.2) is 25.4 Å². The van der Waals surface area contributed by atoms with E-state index in [1.54, 1.807) is 25.4 Å². The van der Waals surface area contributed by atoms with Gasteiger partial charge in [0.25, 0.3) is 5.56 Å². The van der Waals surface area contributed by atoms with Crippen molar-refractivity contribution in [3.63, 3.8) is 0 Å². The molecule has 0 radical (unpaired) electrons. The van der Waals surface area contributed by atoms with Crippen molar-refractivity contribution in [3.05, 3.63) is 50.6 Å². The van der Waals surface area contributed by atoms with Crippen LogP contribution in [-0.2, 0) is 13.6 Å². The monoisotopic (exact) mass is 311 g/mol. The second-order valence-corrected chi connectivity index (χ2v) is 4.58. The molecule has 18 heavy (non-hydrogen) atoms. The van der Waals surface area contributed by atoms with Gasteiger partial charge >= 0.3 is 5.97 Å². The van der Waals surface area contributed by atoms with Gasteiger partial charge in [0.1, 0.15) is 5.56 Å². The van der Waals surface area contributed by atoms with Gasteiger partial charge in [-0.05, 0) is 28.1 Å². The zero-order valence-corrected chi connectivity index (χ0v) is 11.1. The van der Waals surface area contributed by atoms with Crippen molar-refractivity contribution < 1.29 is 9.90 Å². The van der Waals surface area contributed by atoms with Crippen molar-refractivity contribution in [3.8, 4) is 0 Å². The van der Waals surface area contributed by atoms with Crippen LogP contribution in [0.25, 0.3) is 0 Å². The molecule has 0 fully saturated rings. The van der Waals surface area contributed by atoms with Gasteiger partial charge in [-0.1, -0.05) is 0 Å². The molecule has 6 nitrogen and oxygen atoms in total. The summed E-state index contributed by atoms with van der Waals surface area (Å²) in [5.74, 6) is -1.05. The zero-order valence-electron chi connectivity index (χ0n) is 9.50. The Labute approximate surface area is 111 Å². The van der Waals surface area contributed by atoms with Gasteiger partial charge in [0.05, 0.1) is 22.9 Å². The quantitative estimate of drug-likeness (QED) is 0.920. The maximum absolute atomic E-state index is 11.8. The van der Waals surface area contributed by atoms with E-state index in [2.05, 4.69) is 21.0 Å². The molecule has 2 heterocycles. The number of aromatic carboxylic acids is 1. The lowest BCUT2D eigenvalue weighted by Gasteiger charge is -2.07. The molecule has 2 aromatic rings. The Balaban J connectivity index is 2.46. The van der Waals surface area contributed by atoms with Gasteiger partial charge in [0, 0.05) is 13.2 Å². The molecule has 2 rings (SSSR count). The molecule has 2 aromatic heterocycles. The Morgan fingerprint density at radius 1 is 1.56 bits per heavy atom. The van der Waals surface area contributed by atoms with E-state index in [1.165, 1.54) is 15.4 Å². The summed E-state index contributed by atoms with van der Waals surface area (Å²) < 4.78 is 3.31. The average Bonchev–Trinajstić information content (AvgIpc) is 2.67. The average molecular weight is 312 g/mol. The smallest absolute Gasteiger partial charge is 0.339 e. The molecule has 0 saturated carbocycles. The number of carbonyl (C=O) groups is 1. The minimum Gasteiger partial charge on any atom is -0.478 e. The van der Waals surface area contributed by atoms with Crippen molar-refractivity contribution in [2.45, 2.75) is 6.54 Å². The molecule has 0 amide bonds. The maximum Gasteiger partial charge on any atom is 0.339 e. The lowest BCUT2D eigenvalue weighted by Crippen LogP contribution is -2.22. The Bertz CT molecular complexity index is 660. The summed E-state index contributed by atoms with van der Waals surface area (Å²) in [6, 6.07) is 3.35. The molecule has 0 aliphatic heterocycles. The highest BCUT2D eigenvalue weighted by atomic mass is 79.9. The van der Waals surface area contributed by atoms with Gasteiger partial charge < -0.3 is 9.67 Å². The third-order valence-corrected chi connectivity index (χ3v) is 3.19. The first-order valence-corrected chi connectivity index (χ1v) is 5.89. The number of aryl methyl sites for hydroxylation is 1. The van der Waals surface area contributed by atoms with E-state index in [4.69, 9.17) is 5.11 Å². The van der Waals surface area contributed by atoms with E-state index in [0.717, 1.165) is 0 Å². The fraction of sp³-hybridized carbons (Fsp3) is 0.182. The topological polar surface area (TPSA) is 77.1 Å². The van der Waals surface area contributed by atoms with Gasteiger partial charge in [0.15, 0.2) is 0 Å². The van der Waals surface area contributed by atoms with Crippen molar-refractivity contribution in [1.82, 2.24) is 14.3 Å². The Hall–Kier alpha value is -1.89. The first kappa shape index (κ1) is 12.6. The molecule has 0 aliphatic rings. The number of aromatic nitrogens is 3. The van der Waals surface area contributed by atoms with Crippen LogP contribution in [0, 0.1) is 0 Å². The Kier molecular flexibility index (Phi) is 3.33. The lowest BCUT2D eigenvalue weighted by atomic mass is 10.2. The third kappa shape index (κ3) is 2.21. The number of carboxylic acid groups (broad SMARTS) is 1. The number of rotatable bonds is 3. The molecule has 0 atom stereocenters. The van der Waals surface area contributed by atoms with Gasteiger partial charge in [-0.3, -0.25) is 9.48 Å². The van der Waals surface area contributed by atoms with Gasteiger partial charge in [-0.2, -0.15) is 5.10 Å². The molecule has 0 aliphatic carbocycles. The van der Waals surface area contributed by atoms with E-state index in [1.807, 2.05) is 0 Å². The minimum atomic E-state index is -1.05. The Morgan fingerprint density at radius 3 is 2.94 bits per heavy atom. The summed E-state index contributed by atoms with van der Waals surface area (Å²) in [6.07, 6.45) is 2.88. The number of hydrogen-bond donors (Lipinski definition) is 1. The van der Waals surface area contributed by atoms with Gasteiger partial charge in [0.2, 0.25) is 0 Å². The summed E-state index contributed by atoms with van der Waals surface area (Å²) in [4.78, 5) is 22.9. The highest BCUT2D eigenvalue weighted by Crippen LogP contribution is 2.09. The SMILES string of the molecule is Cn1ncc(C(=O)O)c1Cn1cccc(Br)c1=O. The summed E-state index contributed by atoms with van der Waals surface area (Å²) in [7, 11) is 1.64. The second-order valence-electron chi connectivity index (χ2n) is 3.72. The minimum absolute atomic E-state index is 0.101. The molecule has 0 spiro atoms. The van der Waals surface area contributed by atoms with E-state index < -0.39 is 5.97 Å². The first-order chi connectivity index (χ1) is 8.50. The predicted molar refractivity (Wildman–Crippen MR) is 67.7 cm³/mol. The van der Waals surface area contributed by atoms with Crippen LogP contribution < -0.4 is 5.56 Å². The van der Waals surface area contributed by atoms with Crippen molar-refractivity contribution >= 4 is 21.9 Å². The van der Waals surface area contributed by atoms with E-state index in [0.29, 0.717) is 10.2 Å². The van der Waals surface area contributed by atoms with Crippen LogP contribution in [0.5, 0.6) is 0 Å². The Morgan fingerprint density at radius 2 is 2.28 bits per heavy atom. The highest BCUT2D eigenvalue weighted by Gasteiger charge is 2.15. The van der Waals surface area contributed by atoms with Crippen LogP contribution in [0.3, 0.4) is 0 Å². The molecule has 0 bridgehead atoms. The standard InChI is InChI=1S/C11H10BrN3O3/c1-14-9(7(5-13-14)11(17)18)6-15-4-2-3-8(12)10(15)16/h2-5H,6H2,1H3,(H,17,18). The predicted octanol–water partition coefficient (Wildman–Crippen LogP) is 1.09. The summed E-state index contributed by atoms with van der Waals surface area (Å²) in [5.41, 5.74) is 0.363. The van der Waals surface area contributed by atoms with E-state index in [9.17, 15) is 9.59 Å². The zero-order chi connectivity index (χ0) is 13.3. The molecule has 0 unspecified atom stereocenters. The fourth-order valence-electron chi connectivity index (χ4n) is 1.62. The van der Waals surface area contributed by atoms with Gasteiger partial charge in [-0.25, -0.2) is 4.79 Å². The van der Waals surface area contributed by atoms with Crippen molar-refractivity contribution in [2.24, 2.45) is 7.05 Å². The maximum atomic E-state index is 11.8. The first-order valence-electron chi connectivity index (χ1n) is 5.10. The number of halogens is 1. The summed E-state index contributed by atoms with van der Waals surface area (Å²) >= 11 is 3.14. The van der Waals surface area contributed by atoms with Crippen LogP contribution >= 0.6 is 15.9 Å². The highest BCUT2D eigenvalue weighted by molar-refractivity contribution is 9.10. The molecule has 0 aromatic carbocycles. The largest absolute Gasteiger partial charge is 0.478 e. The number of carboxylic acids is 1. The molecule has 0 saturated heterocycles. The number of pyridine rings is 1. The molecular formula is C11H10BrN3O3. The van der Waals surface area contributed by atoms with E-state index >= 15 is 0 Å². The fourth-order valence-corrected chi connectivity index (χ4v) is 2.00. The molecule has 94 valence electrons. The summed E-state index contributed by atoms with van der Waals surface area (Å²) in [6.45, 7) is 0.163. The van der Waals surface area contributed by atoms with Gasteiger partial charge in [-0.15, -0.1) is 0 Å². The third-order valence-electron chi connectivity index (χ3n) is 2.59. The number of nitrogens with zero attached hydrogens (tertiary/aromatic N) is 3. The normalized spacial score (nSPS) is 10.6. The molecule has 7 heteroatoms. The molecular weight excluding hydrogens is 302 g/mol. The van der Waals surface area contributed by atoms with Crippen LogP contribution in [0.2, 0.25) is 0 Å². The van der Waals surface area contributed by atoms with Crippen LogP contribution in [0.15, 0.2) is 33.8 Å².